The minimum absolute atomic E-state index is 0.333. The molecule has 0 aliphatic carbocycles. The molecule has 1 unspecified atom stereocenters. The summed E-state index contributed by atoms with van der Waals surface area (Å²) in [4.78, 5) is 11.1. The molecule has 3 N–H and O–H groups in total. The number of nitrogens with one attached hydrogen (secondary N) is 1. The summed E-state index contributed by atoms with van der Waals surface area (Å²) in [6.07, 6.45) is 2.88. The zero-order valence-corrected chi connectivity index (χ0v) is 8.09. The van der Waals surface area contributed by atoms with Crippen LogP contribution in [0.25, 0.3) is 0 Å². The Morgan fingerprint density at radius 2 is 2.50 bits per heavy atom. The zero-order valence-electron chi connectivity index (χ0n) is 6.50. The molecule has 1 aliphatic heterocycles. The molecular weight excluding hydrogens is 224 g/mol. The second-order valence-electron chi connectivity index (χ2n) is 2.26. The average molecular weight is 233 g/mol. The van der Waals surface area contributed by atoms with E-state index in [0.29, 0.717) is 10.1 Å². The predicted octanol–water partition coefficient (Wildman–Crippen LogP) is 0.210. The van der Waals surface area contributed by atoms with Crippen LogP contribution in [-0.2, 0) is 9.53 Å². The first-order valence-electron chi connectivity index (χ1n) is 3.33. The molecule has 1 aliphatic rings. The van der Waals surface area contributed by atoms with Crippen molar-refractivity contribution in [3.63, 3.8) is 0 Å². The Kier molecular flexibility index (Phi) is 2.88. The van der Waals surface area contributed by atoms with Gasteiger partial charge in [-0.1, -0.05) is 0 Å². The minimum Gasteiger partial charge on any atom is -0.465 e. The van der Waals surface area contributed by atoms with Gasteiger partial charge in [0.05, 0.1) is 18.8 Å². The van der Waals surface area contributed by atoms with Gasteiger partial charge >= 0.3 is 5.97 Å². The number of carbonyl (C=O) groups excluding carboxylic acids is 1. The van der Waals surface area contributed by atoms with Crippen LogP contribution in [0.5, 0.6) is 0 Å². The Hall–Kier alpha value is -0.810. The maximum atomic E-state index is 11.1. The third-order valence-electron chi connectivity index (χ3n) is 1.41. The standard InChI is InChI=1S/C7H9BrN2O2/c1-12-7(11)4-2-6(9)10-3-5(4)8/h2-3,6,10H,9H2,1H3. The van der Waals surface area contributed by atoms with E-state index < -0.39 is 5.97 Å². The van der Waals surface area contributed by atoms with E-state index in [1.54, 1.807) is 12.3 Å². The molecule has 0 saturated heterocycles. The van der Waals surface area contributed by atoms with Crippen molar-refractivity contribution < 1.29 is 9.53 Å². The highest BCUT2D eigenvalue weighted by Gasteiger charge is 2.17. The van der Waals surface area contributed by atoms with Gasteiger partial charge in [0.2, 0.25) is 0 Å². The van der Waals surface area contributed by atoms with Gasteiger partial charge < -0.3 is 15.8 Å². The molecule has 0 saturated carbocycles. The Labute approximate surface area is 78.6 Å². The number of hydrogen-bond acceptors (Lipinski definition) is 4. The van der Waals surface area contributed by atoms with Gasteiger partial charge in [0.25, 0.3) is 0 Å². The van der Waals surface area contributed by atoms with Gasteiger partial charge in [-0.05, 0) is 22.0 Å². The van der Waals surface area contributed by atoms with E-state index in [-0.39, 0.29) is 6.17 Å². The van der Waals surface area contributed by atoms with E-state index in [2.05, 4.69) is 26.0 Å². The summed E-state index contributed by atoms with van der Waals surface area (Å²) < 4.78 is 5.20. The predicted molar refractivity (Wildman–Crippen MR) is 48.2 cm³/mol. The van der Waals surface area contributed by atoms with E-state index >= 15 is 0 Å². The molecule has 0 bridgehead atoms. The number of methoxy groups -OCH3 is 1. The molecule has 0 aromatic rings. The molecule has 1 rings (SSSR count). The van der Waals surface area contributed by atoms with Crippen LogP contribution in [0.15, 0.2) is 22.3 Å². The van der Waals surface area contributed by atoms with Crippen LogP contribution in [-0.4, -0.2) is 19.2 Å². The van der Waals surface area contributed by atoms with Crippen molar-refractivity contribution in [1.29, 1.82) is 0 Å². The van der Waals surface area contributed by atoms with Crippen molar-refractivity contribution >= 4 is 21.9 Å². The summed E-state index contributed by atoms with van der Waals surface area (Å²) in [6.45, 7) is 0. The number of carbonyl (C=O) groups is 1. The molecule has 1 heterocycles. The third-order valence-corrected chi connectivity index (χ3v) is 2.07. The highest BCUT2D eigenvalue weighted by molar-refractivity contribution is 9.12. The molecule has 0 fully saturated rings. The van der Waals surface area contributed by atoms with Crippen LogP contribution in [0, 0.1) is 0 Å². The van der Waals surface area contributed by atoms with E-state index in [4.69, 9.17) is 5.73 Å². The molecule has 5 heteroatoms. The lowest BCUT2D eigenvalue weighted by molar-refractivity contribution is -0.135. The second kappa shape index (κ2) is 3.73. The van der Waals surface area contributed by atoms with Gasteiger partial charge in [0.1, 0.15) is 0 Å². The second-order valence-corrected chi connectivity index (χ2v) is 3.11. The number of hydrogen-bond donors (Lipinski definition) is 2. The fraction of sp³-hybridized carbons (Fsp3) is 0.286. The van der Waals surface area contributed by atoms with E-state index in [9.17, 15) is 4.79 Å². The summed E-state index contributed by atoms with van der Waals surface area (Å²) in [6, 6.07) is 0. The largest absolute Gasteiger partial charge is 0.465 e. The van der Waals surface area contributed by atoms with Crippen molar-refractivity contribution in [3.8, 4) is 0 Å². The van der Waals surface area contributed by atoms with E-state index in [0.717, 1.165) is 0 Å². The lowest BCUT2D eigenvalue weighted by atomic mass is 10.2. The van der Waals surface area contributed by atoms with Crippen molar-refractivity contribution in [1.82, 2.24) is 5.32 Å². The van der Waals surface area contributed by atoms with Crippen molar-refractivity contribution in [2.45, 2.75) is 6.17 Å². The lowest BCUT2D eigenvalue weighted by Gasteiger charge is -2.15. The summed E-state index contributed by atoms with van der Waals surface area (Å²) >= 11 is 3.20. The molecule has 12 heavy (non-hydrogen) atoms. The van der Waals surface area contributed by atoms with E-state index in [1.165, 1.54) is 7.11 Å². The van der Waals surface area contributed by atoms with Crippen LogP contribution in [0.3, 0.4) is 0 Å². The highest BCUT2D eigenvalue weighted by atomic mass is 79.9. The van der Waals surface area contributed by atoms with Gasteiger partial charge in [0, 0.05) is 10.7 Å². The first-order valence-corrected chi connectivity index (χ1v) is 4.12. The monoisotopic (exact) mass is 232 g/mol. The summed E-state index contributed by atoms with van der Waals surface area (Å²) in [5.74, 6) is -0.393. The maximum absolute atomic E-state index is 11.1. The van der Waals surface area contributed by atoms with Crippen molar-refractivity contribution in [2.75, 3.05) is 7.11 Å². The van der Waals surface area contributed by atoms with Gasteiger partial charge in [-0.25, -0.2) is 4.79 Å². The van der Waals surface area contributed by atoms with Crippen LogP contribution in [0.4, 0.5) is 0 Å². The SMILES string of the molecule is COC(=O)C1=CC(N)NC=C1Br. The molecule has 4 nitrogen and oxygen atoms in total. The van der Waals surface area contributed by atoms with Gasteiger partial charge in [-0.3, -0.25) is 0 Å². The summed E-state index contributed by atoms with van der Waals surface area (Å²) in [5, 5.41) is 2.83. The van der Waals surface area contributed by atoms with Gasteiger partial charge in [0.15, 0.2) is 0 Å². The first kappa shape index (κ1) is 9.28. The number of dihydropyridines is 1. The number of halogens is 1. The van der Waals surface area contributed by atoms with Crippen LogP contribution < -0.4 is 11.1 Å². The number of nitrogens with two attached hydrogens (primary N) is 1. The summed E-state index contributed by atoms with van der Waals surface area (Å²) in [5.41, 5.74) is 5.97. The van der Waals surface area contributed by atoms with Crippen molar-refractivity contribution in [2.24, 2.45) is 5.73 Å². The molecule has 0 amide bonds. The highest BCUT2D eigenvalue weighted by Crippen LogP contribution is 2.20. The van der Waals surface area contributed by atoms with Gasteiger partial charge in [-0.15, -0.1) is 0 Å². The molecule has 1 atom stereocenters. The molecular formula is C7H9BrN2O2. The maximum Gasteiger partial charge on any atom is 0.338 e. The Morgan fingerprint density at radius 3 is 3.08 bits per heavy atom. The van der Waals surface area contributed by atoms with Crippen LogP contribution in [0.1, 0.15) is 0 Å². The minimum atomic E-state index is -0.393. The lowest BCUT2D eigenvalue weighted by Crippen LogP contribution is -2.35. The third kappa shape index (κ3) is 1.86. The Morgan fingerprint density at radius 1 is 1.83 bits per heavy atom. The average Bonchev–Trinajstić information content (AvgIpc) is 2.08. The fourth-order valence-electron chi connectivity index (χ4n) is 0.830. The quantitative estimate of drug-likeness (QED) is 0.635. The van der Waals surface area contributed by atoms with E-state index in [1.807, 2.05) is 0 Å². The zero-order chi connectivity index (χ0) is 9.14. The molecule has 0 aromatic heterocycles. The number of rotatable bonds is 1. The Bertz CT molecular complexity index is 260. The Balaban J connectivity index is 2.86. The number of esters is 1. The summed E-state index contributed by atoms with van der Waals surface area (Å²) in [7, 11) is 1.33. The fourth-order valence-corrected chi connectivity index (χ4v) is 1.26. The molecule has 0 aromatic carbocycles. The molecule has 66 valence electrons. The molecule has 0 radical (unpaired) electrons. The first-order chi connectivity index (χ1) is 5.65. The molecule has 0 spiro atoms. The van der Waals surface area contributed by atoms with Gasteiger partial charge in [-0.2, -0.15) is 0 Å². The van der Waals surface area contributed by atoms with Crippen LogP contribution in [0.2, 0.25) is 0 Å². The topological polar surface area (TPSA) is 64.3 Å². The smallest absolute Gasteiger partial charge is 0.338 e. The van der Waals surface area contributed by atoms with Crippen molar-refractivity contribution in [3.05, 3.63) is 22.3 Å². The normalized spacial score (nSPS) is 22.1. The van der Waals surface area contributed by atoms with Crippen LogP contribution >= 0.6 is 15.9 Å². The number of ether oxygens (including phenoxy) is 1.